The average Bonchev–Trinajstić information content (AvgIpc) is 2.60. The van der Waals surface area contributed by atoms with Crippen LogP contribution in [-0.4, -0.2) is 23.3 Å². The molecule has 0 spiro atoms. The quantitative estimate of drug-likeness (QED) is 0.530. The van der Waals surface area contributed by atoms with E-state index < -0.39 is 0 Å². The number of hydrogen-bond donors (Lipinski definition) is 1. The van der Waals surface area contributed by atoms with Gasteiger partial charge in [0, 0.05) is 17.3 Å². The molecular weight excluding hydrogens is 228 g/mol. The molecule has 18 heavy (non-hydrogen) atoms. The number of carbonyl (C=O) groups is 1. The van der Waals surface area contributed by atoms with E-state index in [1.807, 2.05) is 6.92 Å². The Bertz CT molecular complexity index is 414. The lowest BCUT2D eigenvalue weighted by Crippen LogP contribution is -2.52. The van der Waals surface area contributed by atoms with E-state index in [0.717, 1.165) is 19.3 Å². The summed E-state index contributed by atoms with van der Waals surface area (Å²) >= 11 is 0. The lowest BCUT2D eigenvalue weighted by atomic mass is 9.55. The molecule has 2 aliphatic carbocycles. The second kappa shape index (κ2) is 3.83. The standard InChI is InChI=1S/C15H22O3/c1-8-4-5-11(16)15(3)7-6-10-9(2)14(17)18-13(10)12(8)15/h4,9-13,16H,5-7H2,1-3H3/t9-,10+,11-,12-,13-,15-/m1/s1. The second-order valence-corrected chi connectivity index (χ2v) is 6.58. The summed E-state index contributed by atoms with van der Waals surface area (Å²) in [5.41, 5.74) is 1.17. The van der Waals surface area contributed by atoms with E-state index in [9.17, 15) is 9.90 Å². The zero-order chi connectivity index (χ0) is 13.1. The maximum absolute atomic E-state index is 11.8. The maximum Gasteiger partial charge on any atom is 0.309 e. The summed E-state index contributed by atoms with van der Waals surface area (Å²) in [6, 6.07) is 0. The van der Waals surface area contributed by atoms with Gasteiger partial charge < -0.3 is 9.84 Å². The van der Waals surface area contributed by atoms with Crippen LogP contribution in [0.1, 0.15) is 40.0 Å². The fraction of sp³-hybridized carbons (Fsp3) is 0.800. The minimum Gasteiger partial charge on any atom is -0.461 e. The first-order valence-electron chi connectivity index (χ1n) is 7.00. The Kier molecular flexibility index (Phi) is 2.60. The minimum atomic E-state index is -0.304. The summed E-state index contributed by atoms with van der Waals surface area (Å²) in [4.78, 5) is 11.8. The van der Waals surface area contributed by atoms with Crippen LogP contribution in [0.5, 0.6) is 0 Å². The van der Waals surface area contributed by atoms with Gasteiger partial charge in [0.05, 0.1) is 12.0 Å². The lowest BCUT2D eigenvalue weighted by Gasteiger charge is -2.51. The van der Waals surface area contributed by atoms with Gasteiger partial charge in [-0.05, 0) is 26.2 Å². The van der Waals surface area contributed by atoms with Crippen LogP contribution >= 0.6 is 0 Å². The number of rotatable bonds is 0. The summed E-state index contributed by atoms with van der Waals surface area (Å²) < 4.78 is 5.64. The van der Waals surface area contributed by atoms with E-state index in [0.29, 0.717) is 5.92 Å². The van der Waals surface area contributed by atoms with Crippen molar-refractivity contribution >= 4 is 5.97 Å². The monoisotopic (exact) mass is 250 g/mol. The van der Waals surface area contributed by atoms with E-state index in [4.69, 9.17) is 4.74 Å². The van der Waals surface area contributed by atoms with Gasteiger partial charge >= 0.3 is 5.97 Å². The molecule has 3 nitrogen and oxygen atoms in total. The fourth-order valence-corrected chi connectivity index (χ4v) is 4.37. The molecule has 0 bridgehead atoms. The molecule has 2 fully saturated rings. The van der Waals surface area contributed by atoms with Crippen molar-refractivity contribution in [3.8, 4) is 0 Å². The molecule has 3 aliphatic rings. The number of carbonyl (C=O) groups excluding carboxylic acids is 1. The first kappa shape index (κ1) is 12.2. The minimum absolute atomic E-state index is 0.0163. The van der Waals surface area contributed by atoms with Gasteiger partial charge in [0.15, 0.2) is 0 Å². The fourth-order valence-electron chi connectivity index (χ4n) is 4.37. The van der Waals surface area contributed by atoms with Gasteiger partial charge in [-0.15, -0.1) is 0 Å². The molecule has 0 unspecified atom stereocenters. The highest BCUT2D eigenvalue weighted by molar-refractivity contribution is 5.75. The van der Waals surface area contributed by atoms with Crippen LogP contribution in [0, 0.1) is 23.2 Å². The van der Waals surface area contributed by atoms with Crippen LogP contribution in [-0.2, 0) is 9.53 Å². The Morgan fingerprint density at radius 3 is 2.94 bits per heavy atom. The van der Waals surface area contributed by atoms with Gasteiger partial charge in [-0.1, -0.05) is 25.5 Å². The van der Waals surface area contributed by atoms with E-state index in [1.54, 1.807) is 0 Å². The SMILES string of the molecule is CC1=CC[C@@H](O)[C@@]2(C)CC[C@@H]3[C@@H](OC(=O)[C@@H]3C)[C@@H]12. The molecule has 3 heteroatoms. The van der Waals surface area contributed by atoms with Gasteiger partial charge in [-0.25, -0.2) is 0 Å². The van der Waals surface area contributed by atoms with Crippen LogP contribution in [0.4, 0.5) is 0 Å². The molecule has 100 valence electrons. The largest absolute Gasteiger partial charge is 0.461 e. The van der Waals surface area contributed by atoms with Gasteiger partial charge in [-0.3, -0.25) is 4.79 Å². The van der Waals surface area contributed by atoms with Gasteiger partial charge in [-0.2, -0.15) is 0 Å². The number of aliphatic hydroxyl groups excluding tert-OH is 1. The van der Waals surface area contributed by atoms with Crippen molar-refractivity contribution in [3.63, 3.8) is 0 Å². The lowest BCUT2D eigenvalue weighted by molar-refractivity contribution is -0.151. The Labute approximate surface area is 108 Å². The zero-order valence-corrected chi connectivity index (χ0v) is 11.3. The van der Waals surface area contributed by atoms with E-state index >= 15 is 0 Å². The van der Waals surface area contributed by atoms with E-state index in [2.05, 4.69) is 19.9 Å². The topological polar surface area (TPSA) is 46.5 Å². The van der Waals surface area contributed by atoms with Crippen LogP contribution in [0.15, 0.2) is 11.6 Å². The molecule has 1 heterocycles. The molecule has 0 aromatic carbocycles. The van der Waals surface area contributed by atoms with E-state index in [-0.39, 0.29) is 35.4 Å². The van der Waals surface area contributed by atoms with Crippen molar-refractivity contribution in [1.29, 1.82) is 0 Å². The Balaban J connectivity index is 2.00. The number of fused-ring (bicyclic) bond motifs is 3. The first-order chi connectivity index (χ1) is 8.45. The summed E-state index contributed by atoms with van der Waals surface area (Å²) in [6.45, 7) is 6.26. The Morgan fingerprint density at radius 1 is 1.50 bits per heavy atom. The Morgan fingerprint density at radius 2 is 2.22 bits per heavy atom. The third-order valence-corrected chi connectivity index (χ3v) is 5.66. The normalized spacial score (nSPS) is 51.2. The average molecular weight is 250 g/mol. The third-order valence-electron chi connectivity index (χ3n) is 5.66. The summed E-state index contributed by atoms with van der Waals surface area (Å²) in [5, 5.41) is 10.3. The number of esters is 1. The predicted octanol–water partition coefficient (Wildman–Crippen LogP) is 2.29. The molecule has 0 aromatic heterocycles. The zero-order valence-electron chi connectivity index (χ0n) is 11.3. The van der Waals surface area contributed by atoms with Crippen molar-refractivity contribution in [2.24, 2.45) is 23.2 Å². The highest BCUT2D eigenvalue weighted by Crippen LogP contribution is 2.56. The number of hydrogen-bond acceptors (Lipinski definition) is 3. The molecule has 1 saturated carbocycles. The molecule has 0 amide bonds. The molecular formula is C15H22O3. The maximum atomic E-state index is 11.8. The van der Waals surface area contributed by atoms with Crippen molar-refractivity contribution in [2.75, 3.05) is 0 Å². The smallest absolute Gasteiger partial charge is 0.309 e. The van der Waals surface area contributed by atoms with Crippen molar-refractivity contribution < 1.29 is 14.6 Å². The molecule has 0 aromatic rings. The summed E-state index contributed by atoms with van der Waals surface area (Å²) in [5.74, 6) is 0.506. The van der Waals surface area contributed by atoms with E-state index in [1.165, 1.54) is 5.57 Å². The van der Waals surface area contributed by atoms with Crippen LogP contribution in [0.25, 0.3) is 0 Å². The van der Waals surface area contributed by atoms with Crippen molar-refractivity contribution in [1.82, 2.24) is 0 Å². The van der Waals surface area contributed by atoms with Crippen LogP contribution in [0.2, 0.25) is 0 Å². The summed E-state index contributed by atoms with van der Waals surface area (Å²) in [6.07, 6.45) is 4.52. The molecule has 1 N–H and O–H groups in total. The molecule has 1 aliphatic heterocycles. The number of aliphatic hydroxyl groups is 1. The van der Waals surface area contributed by atoms with Gasteiger partial charge in [0.25, 0.3) is 0 Å². The molecule has 3 rings (SSSR count). The number of ether oxygens (including phenoxy) is 1. The van der Waals surface area contributed by atoms with Crippen molar-refractivity contribution in [3.05, 3.63) is 11.6 Å². The van der Waals surface area contributed by atoms with Crippen molar-refractivity contribution in [2.45, 2.75) is 52.2 Å². The molecule has 0 radical (unpaired) electrons. The van der Waals surface area contributed by atoms with Gasteiger partial charge in [0.1, 0.15) is 6.10 Å². The van der Waals surface area contributed by atoms with Crippen LogP contribution < -0.4 is 0 Å². The second-order valence-electron chi connectivity index (χ2n) is 6.58. The summed E-state index contributed by atoms with van der Waals surface area (Å²) in [7, 11) is 0. The molecule has 6 atom stereocenters. The predicted molar refractivity (Wildman–Crippen MR) is 67.7 cm³/mol. The van der Waals surface area contributed by atoms with Crippen LogP contribution in [0.3, 0.4) is 0 Å². The Hall–Kier alpha value is -0.830. The highest BCUT2D eigenvalue weighted by Gasteiger charge is 2.58. The van der Waals surface area contributed by atoms with Gasteiger partial charge in [0.2, 0.25) is 0 Å². The first-order valence-corrected chi connectivity index (χ1v) is 7.00. The third kappa shape index (κ3) is 1.43. The molecule has 1 saturated heterocycles. The highest BCUT2D eigenvalue weighted by atomic mass is 16.6.